The molecule has 4 nitrogen and oxygen atoms in total. The zero-order valence-electron chi connectivity index (χ0n) is 12.7. The Morgan fingerprint density at radius 1 is 1.04 bits per heavy atom. The number of esters is 1. The quantitative estimate of drug-likeness (QED) is 0.742. The second kappa shape index (κ2) is 6.40. The van der Waals surface area contributed by atoms with Crippen molar-refractivity contribution in [1.29, 1.82) is 0 Å². The summed E-state index contributed by atoms with van der Waals surface area (Å²) in [6.07, 6.45) is 0. The fourth-order valence-electron chi connectivity index (χ4n) is 2.42. The molecule has 3 aromatic carbocycles. The number of rotatable bonds is 4. The third kappa shape index (κ3) is 3.11. The van der Waals surface area contributed by atoms with Crippen LogP contribution in [0.25, 0.3) is 10.8 Å². The largest absolute Gasteiger partial charge is 0.507 e. The summed E-state index contributed by atoms with van der Waals surface area (Å²) in [5.41, 5.74) is 1.19. The first-order valence-corrected chi connectivity index (χ1v) is 7.20. The normalized spacial score (nSPS) is 10.5. The number of hydrogen-bond donors (Lipinski definition) is 1. The third-order valence-electron chi connectivity index (χ3n) is 3.60. The fourth-order valence-corrected chi connectivity index (χ4v) is 2.42. The van der Waals surface area contributed by atoms with Gasteiger partial charge in [-0.15, -0.1) is 0 Å². The van der Waals surface area contributed by atoms with E-state index in [1.165, 1.54) is 13.2 Å². The molecule has 0 amide bonds. The molecule has 0 saturated heterocycles. The van der Waals surface area contributed by atoms with Gasteiger partial charge in [-0.25, -0.2) is 4.79 Å². The first-order chi connectivity index (χ1) is 11.2. The summed E-state index contributed by atoms with van der Waals surface area (Å²) in [5, 5.41) is 11.6. The number of methoxy groups -OCH3 is 1. The van der Waals surface area contributed by atoms with Crippen molar-refractivity contribution >= 4 is 16.7 Å². The highest BCUT2D eigenvalue weighted by Crippen LogP contribution is 2.32. The van der Waals surface area contributed by atoms with Gasteiger partial charge in [0.1, 0.15) is 23.7 Å². The molecule has 0 spiro atoms. The van der Waals surface area contributed by atoms with Crippen molar-refractivity contribution in [1.82, 2.24) is 0 Å². The van der Waals surface area contributed by atoms with Gasteiger partial charge in [0.05, 0.1) is 7.11 Å². The summed E-state index contributed by atoms with van der Waals surface area (Å²) >= 11 is 0. The van der Waals surface area contributed by atoms with Crippen LogP contribution in [0.2, 0.25) is 0 Å². The molecule has 4 heteroatoms. The Balaban J connectivity index is 1.95. The maximum atomic E-state index is 11.7. The summed E-state index contributed by atoms with van der Waals surface area (Å²) in [6.45, 7) is 0.430. The lowest BCUT2D eigenvalue weighted by Gasteiger charge is -2.11. The van der Waals surface area contributed by atoms with Crippen LogP contribution in [0.1, 0.15) is 15.9 Å². The average molecular weight is 308 g/mol. The summed E-state index contributed by atoms with van der Waals surface area (Å²) < 4.78 is 10.5. The van der Waals surface area contributed by atoms with Crippen LogP contribution in [-0.4, -0.2) is 18.2 Å². The van der Waals surface area contributed by atoms with Gasteiger partial charge in [0.25, 0.3) is 0 Å². The van der Waals surface area contributed by atoms with E-state index in [1.54, 1.807) is 6.07 Å². The van der Waals surface area contributed by atoms with Gasteiger partial charge in [0.15, 0.2) is 0 Å². The lowest BCUT2D eigenvalue weighted by molar-refractivity contribution is 0.0597. The van der Waals surface area contributed by atoms with Gasteiger partial charge in [-0.1, -0.05) is 42.5 Å². The number of benzene rings is 3. The second-order valence-corrected chi connectivity index (χ2v) is 5.11. The van der Waals surface area contributed by atoms with Crippen molar-refractivity contribution in [2.75, 3.05) is 7.11 Å². The first kappa shape index (κ1) is 14.9. The van der Waals surface area contributed by atoms with E-state index in [0.29, 0.717) is 12.4 Å². The van der Waals surface area contributed by atoms with Crippen molar-refractivity contribution in [2.24, 2.45) is 0 Å². The number of carbonyl (C=O) groups is 1. The summed E-state index contributed by atoms with van der Waals surface area (Å²) in [4.78, 5) is 11.7. The van der Waals surface area contributed by atoms with Crippen molar-refractivity contribution in [2.45, 2.75) is 6.61 Å². The van der Waals surface area contributed by atoms with Crippen molar-refractivity contribution in [3.63, 3.8) is 0 Å². The van der Waals surface area contributed by atoms with E-state index in [0.717, 1.165) is 16.3 Å². The number of phenols is 1. The average Bonchev–Trinajstić information content (AvgIpc) is 2.59. The van der Waals surface area contributed by atoms with Crippen LogP contribution >= 0.6 is 0 Å². The van der Waals surface area contributed by atoms with E-state index in [-0.39, 0.29) is 11.3 Å². The maximum absolute atomic E-state index is 11.7. The first-order valence-electron chi connectivity index (χ1n) is 7.20. The maximum Gasteiger partial charge on any atom is 0.341 e. The molecule has 0 bridgehead atoms. The van der Waals surface area contributed by atoms with Gasteiger partial charge in [0, 0.05) is 5.39 Å². The number of fused-ring (bicyclic) bond motifs is 1. The van der Waals surface area contributed by atoms with E-state index in [1.807, 2.05) is 48.5 Å². The zero-order valence-corrected chi connectivity index (χ0v) is 12.7. The molecule has 0 atom stereocenters. The molecule has 23 heavy (non-hydrogen) atoms. The van der Waals surface area contributed by atoms with Crippen molar-refractivity contribution < 1.29 is 19.4 Å². The Morgan fingerprint density at radius 3 is 2.57 bits per heavy atom. The summed E-state index contributed by atoms with van der Waals surface area (Å²) in [7, 11) is 1.28. The highest BCUT2D eigenvalue weighted by molar-refractivity contribution is 6.00. The minimum absolute atomic E-state index is 0.125. The Kier molecular flexibility index (Phi) is 4.15. The van der Waals surface area contributed by atoms with Crippen LogP contribution in [0, 0.1) is 0 Å². The molecule has 3 rings (SSSR count). The summed E-state index contributed by atoms with van der Waals surface area (Å²) in [6, 6.07) is 18.5. The van der Waals surface area contributed by atoms with E-state index >= 15 is 0 Å². The molecule has 1 N–H and O–H groups in total. The van der Waals surface area contributed by atoms with E-state index in [9.17, 15) is 9.90 Å². The zero-order chi connectivity index (χ0) is 16.2. The molecule has 0 heterocycles. The van der Waals surface area contributed by atoms with Crippen LogP contribution < -0.4 is 4.74 Å². The van der Waals surface area contributed by atoms with Gasteiger partial charge in [-0.2, -0.15) is 0 Å². The van der Waals surface area contributed by atoms with E-state index < -0.39 is 5.97 Å². The second-order valence-electron chi connectivity index (χ2n) is 5.11. The number of aromatic hydroxyl groups is 1. The number of phenolic OH excluding ortho intramolecular Hbond substituents is 1. The molecular weight excluding hydrogens is 292 g/mol. The van der Waals surface area contributed by atoms with E-state index in [4.69, 9.17) is 4.74 Å². The Labute approximate surface area is 133 Å². The van der Waals surface area contributed by atoms with Crippen LogP contribution in [0.5, 0.6) is 11.5 Å². The number of carbonyl (C=O) groups excluding carboxylic acids is 1. The SMILES string of the molecule is COC(=O)c1cc2cccc(OCc3ccccc3)c2cc1O. The Hall–Kier alpha value is -3.01. The molecule has 116 valence electrons. The standard InChI is InChI=1S/C19H16O4/c1-22-19(21)16-10-14-8-5-9-18(15(14)11-17(16)20)23-12-13-6-3-2-4-7-13/h2-11,20H,12H2,1H3. The highest BCUT2D eigenvalue weighted by atomic mass is 16.5. The molecule has 0 radical (unpaired) electrons. The Morgan fingerprint density at radius 2 is 1.83 bits per heavy atom. The topological polar surface area (TPSA) is 55.8 Å². The molecular formula is C19H16O4. The van der Waals surface area contributed by atoms with Crippen LogP contribution in [0.3, 0.4) is 0 Å². The number of hydrogen-bond acceptors (Lipinski definition) is 4. The monoisotopic (exact) mass is 308 g/mol. The molecule has 0 aliphatic rings. The predicted octanol–water partition coefficient (Wildman–Crippen LogP) is 3.91. The predicted molar refractivity (Wildman–Crippen MR) is 87.7 cm³/mol. The van der Waals surface area contributed by atoms with Gasteiger partial charge < -0.3 is 14.6 Å². The van der Waals surface area contributed by atoms with E-state index in [2.05, 4.69) is 4.74 Å². The van der Waals surface area contributed by atoms with Crippen molar-refractivity contribution in [3.05, 3.63) is 71.8 Å². The third-order valence-corrected chi connectivity index (χ3v) is 3.60. The highest BCUT2D eigenvalue weighted by Gasteiger charge is 2.14. The summed E-state index contributed by atoms with van der Waals surface area (Å²) in [5.74, 6) is -0.0433. The molecule has 0 saturated carbocycles. The lowest BCUT2D eigenvalue weighted by atomic mass is 10.0. The molecule has 0 aliphatic heterocycles. The van der Waals surface area contributed by atoms with Crippen LogP contribution in [0.4, 0.5) is 0 Å². The number of ether oxygens (including phenoxy) is 2. The van der Waals surface area contributed by atoms with Gasteiger partial charge in [-0.3, -0.25) is 0 Å². The van der Waals surface area contributed by atoms with Gasteiger partial charge in [0.2, 0.25) is 0 Å². The minimum Gasteiger partial charge on any atom is -0.507 e. The van der Waals surface area contributed by atoms with Gasteiger partial charge in [-0.05, 0) is 29.1 Å². The lowest BCUT2D eigenvalue weighted by Crippen LogP contribution is -2.02. The van der Waals surface area contributed by atoms with Crippen LogP contribution in [0.15, 0.2) is 60.7 Å². The van der Waals surface area contributed by atoms with Gasteiger partial charge >= 0.3 is 5.97 Å². The van der Waals surface area contributed by atoms with Crippen LogP contribution in [-0.2, 0) is 11.3 Å². The molecule has 0 fully saturated rings. The minimum atomic E-state index is -0.569. The van der Waals surface area contributed by atoms with Crippen molar-refractivity contribution in [3.8, 4) is 11.5 Å². The smallest absolute Gasteiger partial charge is 0.341 e. The molecule has 3 aromatic rings. The molecule has 0 aromatic heterocycles. The molecule has 0 aliphatic carbocycles. The molecule has 0 unspecified atom stereocenters. The fraction of sp³-hybridized carbons (Fsp3) is 0.105. The Bertz CT molecular complexity index is 841.